The average Bonchev–Trinajstić information content (AvgIpc) is 2.91. The molecule has 3 unspecified atom stereocenters. The van der Waals surface area contributed by atoms with Crippen LogP contribution in [0.15, 0.2) is 0 Å². The Hall–Kier alpha value is -1.26. The van der Waals surface area contributed by atoms with Crippen molar-refractivity contribution < 1.29 is 14.7 Å². The van der Waals surface area contributed by atoms with Gasteiger partial charge in [-0.15, -0.1) is 0 Å². The maximum atomic E-state index is 11.5. The third-order valence-electron chi connectivity index (χ3n) is 3.37. The maximum Gasteiger partial charge on any atom is 0.329 e. The Bertz CT molecular complexity index is 293. The molecule has 1 aliphatic carbocycles. The van der Waals surface area contributed by atoms with Gasteiger partial charge in [-0.25, -0.2) is 9.59 Å². The minimum absolute atomic E-state index is 0.357. The van der Waals surface area contributed by atoms with Crippen LogP contribution in [-0.4, -0.2) is 29.2 Å². The average molecular weight is 228 g/mol. The van der Waals surface area contributed by atoms with Crippen molar-refractivity contribution in [2.24, 2.45) is 11.8 Å². The van der Waals surface area contributed by atoms with E-state index in [-0.39, 0.29) is 0 Å². The zero-order valence-corrected chi connectivity index (χ0v) is 10.0. The van der Waals surface area contributed by atoms with Crippen molar-refractivity contribution in [1.82, 2.24) is 10.6 Å². The first-order chi connectivity index (χ1) is 7.39. The number of nitrogens with one attached hydrogen (secondary N) is 2. The SMILES string of the molecule is CCC(C)(NC(=O)NCC1CC1C)C(=O)O. The Labute approximate surface area is 95.6 Å². The van der Waals surface area contributed by atoms with E-state index < -0.39 is 17.5 Å². The lowest BCUT2D eigenvalue weighted by molar-refractivity contribution is -0.143. The van der Waals surface area contributed by atoms with Crippen molar-refractivity contribution in [3.63, 3.8) is 0 Å². The van der Waals surface area contributed by atoms with Gasteiger partial charge in [0, 0.05) is 6.54 Å². The van der Waals surface area contributed by atoms with E-state index in [1.54, 1.807) is 6.92 Å². The standard InChI is InChI=1S/C11H20N2O3/c1-4-11(3,9(14)15)13-10(16)12-6-8-5-7(8)2/h7-8H,4-6H2,1-3H3,(H,14,15)(H2,12,13,16). The van der Waals surface area contributed by atoms with E-state index in [1.807, 2.05) is 0 Å². The normalized spacial score (nSPS) is 26.7. The molecule has 0 saturated heterocycles. The summed E-state index contributed by atoms with van der Waals surface area (Å²) in [4.78, 5) is 22.4. The number of amides is 2. The summed E-state index contributed by atoms with van der Waals surface area (Å²) in [6, 6.07) is -0.397. The maximum absolute atomic E-state index is 11.5. The lowest BCUT2D eigenvalue weighted by atomic mass is 10.00. The Morgan fingerprint density at radius 1 is 1.50 bits per heavy atom. The van der Waals surface area contributed by atoms with Gasteiger partial charge in [0.15, 0.2) is 0 Å². The third-order valence-corrected chi connectivity index (χ3v) is 3.37. The molecule has 2 amide bonds. The number of rotatable bonds is 5. The molecule has 5 heteroatoms. The van der Waals surface area contributed by atoms with Gasteiger partial charge in [-0.2, -0.15) is 0 Å². The first-order valence-corrected chi connectivity index (χ1v) is 5.68. The van der Waals surface area contributed by atoms with Gasteiger partial charge in [0.25, 0.3) is 0 Å². The van der Waals surface area contributed by atoms with Crippen LogP contribution in [0.2, 0.25) is 0 Å². The highest BCUT2D eigenvalue weighted by Gasteiger charge is 2.35. The highest BCUT2D eigenvalue weighted by Crippen LogP contribution is 2.36. The largest absolute Gasteiger partial charge is 0.480 e. The molecule has 5 nitrogen and oxygen atoms in total. The van der Waals surface area contributed by atoms with Gasteiger partial charge in [-0.1, -0.05) is 13.8 Å². The minimum atomic E-state index is -1.18. The van der Waals surface area contributed by atoms with Crippen molar-refractivity contribution >= 4 is 12.0 Å². The quantitative estimate of drug-likeness (QED) is 0.661. The number of hydrogen-bond acceptors (Lipinski definition) is 2. The first-order valence-electron chi connectivity index (χ1n) is 5.68. The van der Waals surface area contributed by atoms with Crippen LogP contribution in [0, 0.1) is 11.8 Å². The second-order valence-electron chi connectivity index (χ2n) is 4.80. The topological polar surface area (TPSA) is 78.4 Å². The molecule has 3 atom stereocenters. The van der Waals surface area contributed by atoms with Gasteiger partial charge in [0.2, 0.25) is 0 Å². The van der Waals surface area contributed by atoms with Crippen LogP contribution in [0.1, 0.15) is 33.6 Å². The molecule has 16 heavy (non-hydrogen) atoms. The van der Waals surface area contributed by atoms with Crippen molar-refractivity contribution in [3.8, 4) is 0 Å². The summed E-state index contributed by atoms with van der Waals surface area (Å²) in [5.74, 6) is 0.228. The van der Waals surface area contributed by atoms with E-state index in [9.17, 15) is 9.59 Å². The van der Waals surface area contributed by atoms with Gasteiger partial charge in [0.1, 0.15) is 5.54 Å². The minimum Gasteiger partial charge on any atom is -0.480 e. The fourth-order valence-electron chi connectivity index (χ4n) is 1.50. The van der Waals surface area contributed by atoms with Crippen molar-refractivity contribution in [2.75, 3.05) is 6.54 Å². The number of aliphatic carboxylic acids is 1. The molecule has 1 fully saturated rings. The van der Waals surface area contributed by atoms with E-state index in [2.05, 4.69) is 17.6 Å². The van der Waals surface area contributed by atoms with Crippen molar-refractivity contribution in [1.29, 1.82) is 0 Å². The van der Waals surface area contributed by atoms with Gasteiger partial charge >= 0.3 is 12.0 Å². The molecule has 0 heterocycles. The van der Waals surface area contributed by atoms with E-state index >= 15 is 0 Å². The molecule has 0 bridgehead atoms. The second kappa shape index (κ2) is 4.72. The number of hydrogen-bond donors (Lipinski definition) is 3. The molecule has 3 N–H and O–H groups in total. The number of carboxylic acids is 1. The molecule has 1 aliphatic rings. The van der Waals surface area contributed by atoms with Crippen molar-refractivity contribution in [2.45, 2.75) is 39.2 Å². The van der Waals surface area contributed by atoms with Gasteiger partial charge < -0.3 is 15.7 Å². The highest BCUT2D eigenvalue weighted by molar-refractivity contribution is 5.85. The fourth-order valence-corrected chi connectivity index (χ4v) is 1.50. The van der Waals surface area contributed by atoms with Crippen LogP contribution in [0.5, 0.6) is 0 Å². The zero-order chi connectivity index (χ0) is 12.3. The highest BCUT2D eigenvalue weighted by atomic mass is 16.4. The predicted octanol–water partition coefficient (Wildman–Crippen LogP) is 1.19. The number of carboxylic acid groups (broad SMARTS) is 1. The van der Waals surface area contributed by atoms with E-state index in [0.29, 0.717) is 24.8 Å². The Morgan fingerprint density at radius 3 is 2.44 bits per heavy atom. The summed E-state index contributed by atoms with van der Waals surface area (Å²) in [6.07, 6.45) is 1.50. The lowest BCUT2D eigenvalue weighted by Gasteiger charge is -2.24. The van der Waals surface area contributed by atoms with Crippen LogP contribution < -0.4 is 10.6 Å². The Kier molecular flexibility index (Phi) is 3.78. The molecule has 0 aromatic rings. The molecule has 0 radical (unpaired) electrons. The predicted molar refractivity (Wildman–Crippen MR) is 60.1 cm³/mol. The molecular weight excluding hydrogens is 208 g/mol. The summed E-state index contributed by atoms with van der Waals surface area (Å²) in [5.41, 5.74) is -1.18. The summed E-state index contributed by atoms with van der Waals surface area (Å²) in [6.45, 7) is 6.01. The van der Waals surface area contributed by atoms with E-state index in [0.717, 1.165) is 6.42 Å². The molecular formula is C11H20N2O3. The number of carbonyl (C=O) groups excluding carboxylic acids is 1. The van der Waals surface area contributed by atoms with E-state index in [1.165, 1.54) is 6.92 Å². The summed E-state index contributed by atoms with van der Waals surface area (Å²) < 4.78 is 0. The second-order valence-corrected chi connectivity index (χ2v) is 4.80. The van der Waals surface area contributed by atoms with Crippen LogP contribution in [0.4, 0.5) is 4.79 Å². The van der Waals surface area contributed by atoms with Crippen LogP contribution in [-0.2, 0) is 4.79 Å². The molecule has 1 saturated carbocycles. The molecule has 1 rings (SSSR count). The van der Waals surface area contributed by atoms with Crippen LogP contribution in [0.3, 0.4) is 0 Å². The lowest BCUT2D eigenvalue weighted by Crippen LogP contribution is -2.55. The third kappa shape index (κ3) is 3.12. The summed E-state index contributed by atoms with van der Waals surface area (Å²) in [5, 5.41) is 14.2. The Morgan fingerprint density at radius 2 is 2.06 bits per heavy atom. The summed E-state index contributed by atoms with van der Waals surface area (Å²) in [7, 11) is 0. The molecule has 0 aliphatic heterocycles. The zero-order valence-electron chi connectivity index (χ0n) is 10.0. The molecule has 0 aromatic carbocycles. The van der Waals surface area contributed by atoms with Crippen LogP contribution in [0.25, 0.3) is 0 Å². The first kappa shape index (κ1) is 12.8. The van der Waals surface area contributed by atoms with Gasteiger partial charge in [0.05, 0.1) is 0 Å². The molecule has 92 valence electrons. The Balaban J connectivity index is 2.34. The fraction of sp³-hybridized carbons (Fsp3) is 0.818. The van der Waals surface area contributed by atoms with Gasteiger partial charge in [-0.05, 0) is 31.6 Å². The smallest absolute Gasteiger partial charge is 0.329 e. The summed E-state index contributed by atoms with van der Waals surface area (Å²) >= 11 is 0. The molecule has 0 aromatic heterocycles. The molecule has 0 spiro atoms. The van der Waals surface area contributed by atoms with Crippen LogP contribution >= 0.6 is 0 Å². The monoisotopic (exact) mass is 228 g/mol. The number of urea groups is 1. The van der Waals surface area contributed by atoms with Crippen molar-refractivity contribution in [3.05, 3.63) is 0 Å². The van der Waals surface area contributed by atoms with Gasteiger partial charge in [-0.3, -0.25) is 0 Å². The van der Waals surface area contributed by atoms with E-state index in [4.69, 9.17) is 5.11 Å². The number of carbonyl (C=O) groups is 2.